The van der Waals surface area contributed by atoms with Crippen molar-refractivity contribution in [1.29, 1.82) is 0 Å². The quantitative estimate of drug-likeness (QED) is 0.834. The Morgan fingerprint density at radius 1 is 1.22 bits per heavy atom. The summed E-state index contributed by atoms with van der Waals surface area (Å²) in [6.07, 6.45) is 4.63. The number of hydrogen-bond donors (Lipinski definition) is 2. The van der Waals surface area contributed by atoms with Gasteiger partial charge in [-0.25, -0.2) is 0 Å². The zero-order valence-corrected chi connectivity index (χ0v) is 11.6. The van der Waals surface area contributed by atoms with Crippen LogP contribution in [0.15, 0.2) is 30.3 Å². The monoisotopic (exact) mass is 269 g/mol. The van der Waals surface area contributed by atoms with Crippen molar-refractivity contribution in [1.82, 2.24) is 0 Å². The molecule has 2 nitrogen and oxygen atoms in total. The highest BCUT2D eigenvalue weighted by Crippen LogP contribution is 2.45. The molecule has 1 unspecified atom stereocenters. The first-order valence-electron chi connectivity index (χ1n) is 6.71. The minimum absolute atomic E-state index is 0. The zero-order valence-electron chi connectivity index (χ0n) is 10.8. The van der Waals surface area contributed by atoms with Gasteiger partial charge in [-0.15, -0.1) is 12.4 Å². The van der Waals surface area contributed by atoms with Gasteiger partial charge < -0.3 is 10.8 Å². The molecule has 0 spiro atoms. The summed E-state index contributed by atoms with van der Waals surface area (Å²) < 4.78 is 0. The molecular weight excluding hydrogens is 246 g/mol. The second-order valence-corrected chi connectivity index (χ2v) is 5.20. The van der Waals surface area contributed by atoms with E-state index in [4.69, 9.17) is 5.73 Å². The van der Waals surface area contributed by atoms with Crippen molar-refractivity contribution in [3.63, 3.8) is 0 Å². The molecule has 1 atom stereocenters. The molecule has 1 aliphatic carbocycles. The number of nitrogens with two attached hydrogens (primary N) is 1. The highest BCUT2D eigenvalue weighted by atomic mass is 35.5. The molecule has 1 aromatic rings. The fraction of sp³-hybridized carbons (Fsp3) is 0.600. The van der Waals surface area contributed by atoms with Gasteiger partial charge in [-0.3, -0.25) is 0 Å². The maximum absolute atomic E-state index is 9.22. The van der Waals surface area contributed by atoms with Crippen LogP contribution >= 0.6 is 12.4 Å². The first kappa shape index (κ1) is 15.5. The minimum atomic E-state index is 0. The number of aliphatic hydroxyl groups is 1. The van der Waals surface area contributed by atoms with E-state index in [0.717, 1.165) is 31.2 Å². The molecule has 0 saturated heterocycles. The third-order valence-electron chi connectivity index (χ3n) is 4.08. The number of hydrogen-bond acceptors (Lipinski definition) is 2. The predicted molar refractivity (Wildman–Crippen MR) is 78.0 cm³/mol. The van der Waals surface area contributed by atoms with Crippen molar-refractivity contribution >= 4 is 12.4 Å². The van der Waals surface area contributed by atoms with Gasteiger partial charge in [0.1, 0.15) is 0 Å². The van der Waals surface area contributed by atoms with Crippen LogP contribution < -0.4 is 5.73 Å². The molecule has 3 N–H and O–H groups in total. The summed E-state index contributed by atoms with van der Waals surface area (Å²) in [5.41, 5.74) is 6.98. The van der Waals surface area contributed by atoms with Crippen LogP contribution in [0.1, 0.15) is 37.2 Å². The van der Waals surface area contributed by atoms with Crippen LogP contribution in [0.3, 0.4) is 0 Å². The Bertz CT molecular complexity index is 325. The molecule has 0 radical (unpaired) electrons. The summed E-state index contributed by atoms with van der Waals surface area (Å²) in [7, 11) is 0. The fourth-order valence-electron chi connectivity index (χ4n) is 3.10. The molecule has 18 heavy (non-hydrogen) atoms. The van der Waals surface area contributed by atoms with Gasteiger partial charge in [0.2, 0.25) is 0 Å². The van der Waals surface area contributed by atoms with Crippen LogP contribution in [0.25, 0.3) is 0 Å². The Morgan fingerprint density at radius 2 is 1.89 bits per heavy atom. The van der Waals surface area contributed by atoms with Crippen LogP contribution in [0, 0.1) is 11.8 Å². The average molecular weight is 270 g/mol. The Labute approximate surface area is 116 Å². The van der Waals surface area contributed by atoms with Crippen molar-refractivity contribution in [3.05, 3.63) is 35.9 Å². The van der Waals surface area contributed by atoms with Gasteiger partial charge in [0.15, 0.2) is 0 Å². The molecule has 0 bridgehead atoms. The number of halogens is 1. The second kappa shape index (κ2) is 7.78. The molecule has 0 heterocycles. The fourth-order valence-corrected chi connectivity index (χ4v) is 3.10. The van der Waals surface area contributed by atoms with E-state index in [9.17, 15) is 5.11 Å². The molecule has 0 aliphatic heterocycles. The van der Waals surface area contributed by atoms with Gasteiger partial charge in [-0.05, 0) is 55.5 Å². The molecule has 0 aromatic heterocycles. The molecule has 2 rings (SSSR count). The Kier molecular flexibility index (Phi) is 6.69. The molecule has 1 saturated carbocycles. The summed E-state index contributed by atoms with van der Waals surface area (Å²) in [5.74, 6) is 2.12. The third-order valence-corrected chi connectivity index (χ3v) is 4.08. The normalized spacial score (nSPS) is 23.9. The topological polar surface area (TPSA) is 46.2 Å². The predicted octanol–water partition coefficient (Wildman–Crippen LogP) is 2.95. The van der Waals surface area contributed by atoms with Gasteiger partial charge in [0.25, 0.3) is 0 Å². The van der Waals surface area contributed by atoms with E-state index in [1.165, 1.54) is 18.4 Å². The number of benzene rings is 1. The van der Waals surface area contributed by atoms with Gasteiger partial charge in [-0.2, -0.15) is 0 Å². The highest BCUT2D eigenvalue weighted by Gasteiger charge is 2.34. The van der Waals surface area contributed by atoms with Crippen molar-refractivity contribution in [2.24, 2.45) is 17.6 Å². The standard InChI is InChI=1S/C15H23NO.ClH/c16-8-6-12-10-14(11-12)15(7-9-17)13-4-2-1-3-5-13;/h1-5,12,14-15,17H,6-11,16H2;1H. The van der Waals surface area contributed by atoms with Crippen molar-refractivity contribution in [2.75, 3.05) is 13.2 Å². The molecule has 1 fully saturated rings. The minimum Gasteiger partial charge on any atom is -0.396 e. The third kappa shape index (κ3) is 3.71. The van der Waals surface area contributed by atoms with Crippen LogP contribution in [-0.4, -0.2) is 18.3 Å². The number of aliphatic hydroxyl groups excluding tert-OH is 1. The Morgan fingerprint density at radius 3 is 2.44 bits per heavy atom. The van der Waals surface area contributed by atoms with E-state index >= 15 is 0 Å². The summed E-state index contributed by atoms with van der Waals surface area (Å²) in [4.78, 5) is 0. The molecular formula is C15H24ClNO. The van der Waals surface area contributed by atoms with Crippen LogP contribution in [0.2, 0.25) is 0 Å². The SMILES string of the molecule is Cl.NCCC1CC(C(CCO)c2ccccc2)C1. The van der Waals surface area contributed by atoms with E-state index in [1.807, 2.05) is 0 Å². The molecule has 102 valence electrons. The highest BCUT2D eigenvalue weighted by molar-refractivity contribution is 5.85. The maximum Gasteiger partial charge on any atom is 0.0436 e. The molecule has 3 heteroatoms. The second-order valence-electron chi connectivity index (χ2n) is 5.20. The van der Waals surface area contributed by atoms with E-state index in [-0.39, 0.29) is 19.0 Å². The van der Waals surface area contributed by atoms with Crippen LogP contribution in [0.4, 0.5) is 0 Å². The van der Waals surface area contributed by atoms with Gasteiger partial charge in [-0.1, -0.05) is 30.3 Å². The summed E-state index contributed by atoms with van der Waals surface area (Å²) in [6, 6.07) is 10.6. The summed E-state index contributed by atoms with van der Waals surface area (Å²) in [5, 5.41) is 9.22. The van der Waals surface area contributed by atoms with Gasteiger partial charge >= 0.3 is 0 Å². The number of rotatable bonds is 6. The Hall–Kier alpha value is -0.570. The van der Waals surface area contributed by atoms with E-state index in [0.29, 0.717) is 5.92 Å². The van der Waals surface area contributed by atoms with Crippen molar-refractivity contribution < 1.29 is 5.11 Å². The van der Waals surface area contributed by atoms with Crippen LogP contribution in [0.5, 0.6) is 0 Å². The van der Waals surface area contributed by atoms with E-state index < -0.39 is 0 Å². The molecule has 0 amide bonds. The lowest BCUT2D eigenvalue weighted by atomic mass is 9.65. The lowest BCUT2D eigenvalue weighted by molar-refractivity contribution is 0.134. The first-order valence-corrected chi connectivity index (χ1v) is 6.71. The zero-order chi connectivity index (χ0) is 12.1. The van der Waals surface area contributed by atoms with Crippen molar-refractivity contribution in [3.8, 4) is 0 Å². The summed E-state index contributed by atoms with van der Waals surface area (Å²) in [6.45, 7) is 1.10. The first-order chi connectivity index (χ1) is 8.35. The van der Waals surface area contributed by atoms with Gasteiger partial charge in [0, 0.05) is 6.61 Å². The smallest absolute Gasteiger partial charge is 0.0436 e. The lowest BCUT2D eigenvalue weighted by Crippen LogP contribution is -2.31. The van der Waals surface area contributed by atoms with Gasteiger partial charge in [0.05, 0.1) is 0 Å². The Balaban J connectivity index is 0.00000162. The van der Waals surface area contributed by atoms with Crippen molar-refractivity contribution in [2.45, 2.75) is 31.6 Å². The van der Waals surface area contributed by atoms with E-state index in [2.05, 4.69) is 30.3 Å². The van der Waals surface area contributed by atoms with Crippen LogP contribution in [-0.2, 0) is 0 Å². The lowest BCUT2D eigenvalue weighted by Gasteiger charge is -2.40. The average Bonchev–Trinajstić information content (AvgIpc) is 2.32. The largest absolute Gasteiger partial charge is 0.396 e. The summed E-state index contributed by atoms with van der Waals surface area (Å²) >= 11 is 0. The van der Waals surface area contributed by atoms with E-state index in [1.54, 1.807) is 0 Å². The maximum atomic E-state index is 9.22. The molecule has 1 aliphatic rings. The molecule has 1 aromatic carbocycles.